The van der Waals surface area contributed by atoms with Crippen LogP contribution in [-0.4, -0.2) is 37.7 Å². The van der Waals surface area contributed by atoms with Crippen molar-refractivity contribution in [3.8, 4) is 5.75 Å². The van der Waals surface area contributed by atoms with Gasteiger partial charge in [-0.15, -0.1) is 12.4 Å². The summed E-state index contributed by atoms with van der Waals surface area (Å²) in [5.41, 5.74) is 2.59. The molecular formula is C14H23ClN2O. The average Bonchev–Trinajstić information content (AvgIpc) is 2.32. The van der Waals surface area contributed by atoms with E-state index in [1.807, 2.05) is 0 Å². The number of nitrogens with one attached hydrogen (secondary N) is 1. The minimum absolute atomic E-state index is 0. The molecular weight excluding hydrogens is 248 g/mol. The smallest absolute Gasteiger partial charge is 0.123 e. The molecule has 1 atom stereocenters. The van der Waals surface area contributed by atoms with Gasteiger partial charge in [-0.05, 0) is 19.9 Å². The van der Waals surface area contributed by atoms with E-state index >= 15 is 0 Å². The van der Waals surface area contributed by atoms with Crippen LogP contribution in [0.15, 0.2) is 18.2 Å². The zero-order chi connectivity index (χ0) is 12.3. The summed E-state index contributed by atoms with van der Waals surface area (Å²) in [5.74, 6) is 1.00. The number of hydrogen-bond acceptors (Lipinski definition) is 3. The summed E-state index contributed by atoms with van der Waals surface area (Å²) in [6.45, 7) is 8.65. The second-order valence-corrected chi connectivity index (χ2v) is 4.84. The maximum atomic E-state index is 5.43. The van der Waals surface area contributed by atoms with Gasteiger partial charge in [-0.1, -0.05) is 17.7 Å². The number of halogens is 1. The number of benzene rings is 1. The maximum Gasteiger partial charge on any atom is 0.123 e. The first-order valence-corrected chi connectivity index (χ1v) is 6.29. The quantitative estimate of drug-likeness (QED) is 0.912. The number of ether oxygens (including phenoxy) is 1. The van der Waals surface area contributed by atoms with Crippen molar-refractivity contribution in [2.45, 2.75) is 26.4 Å². The molecule has 0 bridgehead atoms. The van der Waals surface area contributed by atoms with Gasteiger partial charge in [-0.2, -0.15) is 0 Å². The number of piperazine rings is 1. The Morgan fingerprint density at radius 1 is 1.44 bits per heavy atom. The Morgan fingerprint density at radius 3 is 2.89 bits per heavy atom. The van der Waals surface area contributed by atoms with Gasteiger partial charge >= 0.3 is 0 Å². The zero-order valence-electron chi connectivity index (χ0n) is 11.4. The highest BCUT2D eigenvalue weighted by atomic mass is 35.5. The van der Waals surface area contributed by atoms with Crippen molar-refractivity contribution in [2.24, 2.45) is 0 Å². The highest BCUT2D eigenvalue weighted by Gasteiger charge is 2.19. The third-order valence-electron chi connectivity index (χ3n) is 3.45. The lowest BCUT2D eigenvalue weighted by Crippen LogP contribution is -2.49. The molecule has 3 nitrogen and oxygen atoms in total. The molecule has 1 N–H and O–H groups in total. The van der Waals surface area contributed by atoms with Crippen LogP contribution in [-0.2, 0) is 6.54 Å². The predicted octanol–water partition coefficient (Wildman–Crippen LogP) is 2.22. The molecule has 102 valence electrons. The first kappa shape index (κ1) is 15.3. The van der Waals surface area contributed by atoms with E-state index in [1.165, 1.54) is 11.1 Å². The summed E-state index contributed by atoms with van der Waals surface area (Å²) < 4.78 is 5.43. The van der Waals surface area contributed by atoms with Gasteiger partial charge in [0.25, 0.3) is 0 Å². The van der Waals surface area contributed by atoms with E-state index in [-0.39, 0.29) is 12.4 Å². The summed E-state index contributed by atoms with van der Waals surface area (Å²) in [6.07, 6.45) is 0. The second-order valence-electron chi connectivity index (χ2n) is 4.84. The van der Waals surface area contributed by atoms with Crippen molar-refractivity contribution >= 4 is 12.4 Å². The van der Waals surface area contributed by atoms with Crippen molar-refractivity contribution in [2.75, 3.05) is 26.7 Å². The van der Waals surface area contributed by atoms with E-state index in [2.05, 4.69) is 42.3 Å². The molecule has 0 saturated carbocycles. The van der Waals surface area contributed by atoms with Crippen LogP contribution in [0.4, 0.5) is 0 Å². The first-order chi connectivity index (χ1) is 8.20. The van der Waals surface area contributed by atoms with Gasteiger partial charge < -0.3 is 10.1 Å². The van der Waals surface area contributed by atoms with Gasteiger partial charge in [-0.3, -0.25) is 4.90 Å². The SMILES string of the molecule is COc1ccc(C)cc1CN1CCNC[C@@H]1C.Cl. The monoisotopic (exact) mass is 270 g/mol. The van der Waals surface area contributed by atoms with Crippen LogP contribution < -0.4 is 10.1 Å². The summed E-state index contributed by atoms with van der Waals surface area (Å²) in [7, 11) is 1.75. The molecule has 2 rings (SSSR count). The Balaban J connectivity index is 0.00000162. The molecule has 0 spiro atoms. The summed E-state index contributed by atoms with van der Waals surface area (Å²) in [4.78, 5) is 2.51. The van der Waals surface area contributed by atoms with E-state index < -0.39 is 0 Å². The number of nitrogens with zero attached hydrogens (tertiary/aromatic N) is 1. The van der Waals surface area contributed by atoms with E-state index in [0.29, 0.717) is 6.04 Å². The largest absolute Gasteiger partial charge is 0.496 e. The molecule has 0 aliphatic carbocycles. The lowest BCUT2D eigenvalue weighted by Gasteiger charge is -2.34. The standard InChI is InChI=1S/C14H22N2O.ClH/c1-11-4-5-14(17-3)13(8-11)10-16-7-6-15-9-12(16)2;/h4-5,8,12,15H,6-7,9-10H2,1-3H3;1H/t12-;/m0./s1. The van der Waals surface area contributed by atoms with Crippen LogP contribution in [0.25, 0.3) is 0 Å². The van der Waals surface area contributed by atoms with E-state index in [1.54, 1.807) is 7.11 Å². The van der Waals surface area contributed by atoms with Gasteiger partial charge in [0.05, 0.1) is 7.11 Å². The van der Waals surface area contributed by atoms with Gasteiger partial charge in [-0.25, -0.2) is 0 Å². The van der Waals surface area contributed by atoms with Crippen LogP contribution in [0, 0.1) is 6.92 Å². The average molecular weight is 271 g/mol. The summed E-state index contributed by atoms with van der Waals surface area (Å²) in [6, 6.07) is 6.99. The Bertz CT molecular complexity index is 384. The van der Waals surface area contributed by atoms with Gasteiger partial charge in [0.15, 0.2) is 0 Å². The van der Waals surface area contributed by atoms with Crippen molar-refractivity contribution in [3.63, 3.8) is 0 Å². The highest BCUT2D eigenvalue weighted by molar-refractivity contribution is 5.85. The van der Waals surface area contributed by atoms with Crippen molar-refractivity contribution in [1.29, 1.82) is 0 Å². The number of methoxy groups -OCH3 is 1. The van der Waals surface area contributed by atoms with Gasteiger partial charge in [0.2, 0.25) is 0 Å². The van der Waals surface area contributed by atoms with Gasteiger partial charge in [0.1, 0.15) is 5.75 Å². The molecule has 1 heterocycles. The maximum absolute atomic E-state index is 5.43. The van der Waals surface area contributed by atoms with Crippen molar-refractivity contribution in [1.82, 2.24) is 10.2 Å². The Morgan fingerprint density at radius 2 is 2.22 bits per heavy atom. The molecule has 0 radical (unpaired) electrons. The Hall–Kier alpha value is -0.770. The fourth-order valence-electron chi connectivity index (χ4n) is 2.37. The van der Waals surface area contributed by atoms with Crippen LogP contribution in [0.3, 0.4) is 0 Å². The number of hydrogen-bond donors (Lipinski definition) is 1. The lowest BCUT2D eigenvalue weighted by atomic mass is 10.1. The fourth-order valence-corrected chi connectivity index (χ4v) is 2.37. The molecule has 1 aliphatic heterocycles. The number of aryl methyl sites for hydroxylation is 1. The van der Waals surface area contributed by atoms with Crippen molar-refractivity contribution < 1.29 is 4.74 Å². The molecule has 1 aliphatic rings. The predicted molar refractivity (Wildman–Crippen MR) is 77.7 cm³/mol. The molecule has 1 aromatic rings. The minimum atomic E-state index is 0. The molecule has 1 fully saturated rings. The Labute approximate surface area is 116 Å². The topological polar surface area (TPSA) is 24.5 Å². The van der Waals surface area contributed by atoms with E-state index in [4.69, 9.17) is 4.74 Å². The third-order valence-corrected chi connectivity index (χ3v) is 3.45. The first-order valence-electron chi connectivity index (χ1n) is 6.29. The second kappa shape index (κ2) is 6.98. The molecule has 4 heteroatoms. The molecule has 0 aromatic heterocycles. The minimum Gasteiger partial charge on any atom is -0.496 e. The summed E-state index contributed by atoms with van der Waals surface area (Å²) >= 11 is 0. The molecule has 18 heavy (non-hydrogen) atoms. The highest BCUT2D eigenvalue weighted by Crippen LogP contribution is 2.22. The van der Waals surface area contributed by atoms with E-state index in [9.17, 15) is 0 Å². The molecule has 1 aromatic carbocycles. The van der Waals surface area contributed by atoms with Crippen molar-refractivity contribution in [3.05, 3.63) is 29.3 Å². The summed E-state index contributed by atoms with van der Waals surface area (Å²) in [5, 5.41) is 3.42. The zero-order valence-corrected chi connectivity index (χ0v) is 12.2. The van der Waals surface area contributed by atoms with Crippen LogP contribution >= 0.6 is 12.4 Å². The van der Waals surface area contributed by atoms with Gasteiger partial charge in [0, 0.05) is 37.8 Å². The third kappa shape index (κ3) is 3.61. The fraction of sp³-hybridized carbons (Fsp3) is 0.571. The molecule has 1 saturated heterocycles. The lowest BCUT2D eigenvalue weighted by molar-refractivity contribution is 0.164. The molecule has 0 unspecified atom stereocenters. The van der Waals surface area contributed by atoms with Crippen LogP contribution in [0.1, 0.15) is 18.1 Å². The van der Waals surface area contributed by atoms with E-state index in [0.717, 1.165) is 31.9 Å². The van der Waals surface area contributed by atoms with Crippen LogP contribution in [0.5, 0.6) is 5.75 Å². The molecule has 0 amide bonds. The number of rotatable bonds is 3. The van der Waals surface area contributed by atoms with Crippen LogP contribution in [0.2, 0.25) is 0 Å². The normalized spacial score (nSPS) is 20.3. The Kier molecular flexibility index (Phi) is 5.93.